The average molecular weight is 436 g/mol. The van der Waals surface area contributed by atoms with Crippen LogP contribution in [-0.2, 0) is 33.6 Å². The summed E-state index contributed by atoms with van der Waals surface area (Å²) in [4.78, 5) is 16.7. The van der Waals surface area contributed by atoms with Crippen molar-refractivity contribution in [3.8, 4) is 0 Å². The van der Waals surface area contributed by atoms with Crippen molar-refractivity contribution in [2.45, 2.75) is 32.7 Å². The summed E-state index contributed by atoms with van der Waals surface area (Å²) < 4.78 is 16.3. The molecular formula is C22H35N4O3S+. The number of rotatable bonds is 9. The first-order valence-electron chi connectivity index (χ1n) is 11.1. The van der Waals surface area contributed by atoms with Crippen LogP contribution in [0.4, 0.5) is 5.82 Å². The summed E-state index contributed by atoms with van der Waals surface area (Å²) in [5.74, 6) is 2.77. The van der Waals surface area contributed by atoms with Crippen LogP contribution in [0.25, 0.3) is 10.2 Å². The molecule has 8 heteroatoms. The number of morpholine rings is 1. The van der Waals surface area contributed by atoms with Crippen LogP contribution in [-0.4, -0.2) is 76.8 Å². The molecule has 0 radical (unpaired) electrons. The van der Waals surface area contributed by atoms with E-state index in [1.165, 1.54) is 27.1 Å². The van der Waals surface area contributed by atoms with Crippen LogP contribution in [0.1, 0.15) is 29.6 Å². The highest BCUT2D eigenvalue weighted by Gasteiger charge is 2.27. The Balaban J connectivity index is 1.74. The smallest absolute Gasteiger partial charge is 0.187 e. The number of fused-ring (bicyclic) bond motifs is 3. The zero-order valence-electron chi connectivity index (χ0n) is 18.5. The van der Waals surface area contributed by atoms with Gasteiger partial charge in [0.2, 0.25) is 0 Å². The van der Waals surface area contributed by atoms with Gasteiger partial charge in [-0.2, -0.15) is 0 Å². The van der Waals surface area contributed by atoms with E-state index in [4.69, 9.17) is 24.2 Å². The van der Waals surface area contributed by atoms with E-state index in [-0.39, 0.29) is 0 Å². The van der Waals surface area contributed by atoms with Gasteiger partial charge in [-0.15, -0.1) is 11.3 Å². The van der Waals surface area contributed by atoms with Crippen molar-refractivity contribution in [1.29, 1.82) is 0 Å². The van der Waals surface area contributed by atoms with Gasteiger partial charge in [0, 0.05) is 32.2 Å². The first-order chi connectivity index (χ1) is 14.7. The van der Waals surface area contributed by atoms with Crippen LogP contribution < -0.4 is 9.80 Å². The van der Waals surface area contributed by atoms with Crippen molar-refractivity contribution in [3.63, 3.8) is 0 Å². The van der Waals surface area contributed by atoms with Gasteiger partial charge in [0.15, 0.2) is 5.82 Å². The number of ether oxygens (including phenoxy) is 3. The molecule has 0 unspecified atom stereocenters. The summed E-state index contributed by atoms with van der Waals surface area (Å²) >= 11 is 1.88. The summed E-state index contributed by atoms with van der Waals surface area (Å²) in [6.07, 6.45) is 3.54. The quantitative estimate of drug-likeness (QED) is 0.641. The van der Waals surface area contributed by atoms with E-state index in [2.05, 4.69) is 11.8 Å². The predicted molar refractivity (Wildman–Crippen MR) is 120 cm³/mol. The second kappa shape index (κ2) is 10.3. The lowest BCUT2D eigenvalue weighted by Crippen LogP contribution is -3.12. The molecule has 0 aromatic carbocycles. The van der Waals surface area contributed by atoms with Crippen LogP contribution in [0.5, 0.6) is 0 Å². The number of hydrogen-bond acceptors (Lipinski definition) is 7. The SMILES string of the molecule is COCCN(CCOC)c1nc(C[NH+]2CCOCC2)nc2sc3c(c12)CC[C@@H](C)C3. The van der Waals surface area contributed by atoms with Gasteiger partial charge in [-0.05, 0) is 30.7 Å². The molecule has 0 saturated carbocycles. The molecule has 7 nitrogen and oxygen atoms in total. The Bertz CT molecular complexity index is 829. The lowest BCUT2D eigenvalue weighted by Gasteiger charge is -2.26. The van der Waals surface area contributed by atoms with Gasteiger partial charge in [0.1, 0.15) is 30.3 Å². The Labute approximate surface area is 183 Å². The molecule has 1 atom stereocenters. The second-order valence-corrected chi connectivity index (χ2v) is 9.59. The predicted octanol–water partition coefficient (Wildman–Crippen LogP) is 1.33. The summed E-state index contributed by atoms with van der Waals surface area (Å²) in [5.41, 5.74) is 1.48. The van der Waals surface area contributed by atoms with Crippen molar-refractivity contribution >= 4 is 27.4 Å². The second-order valence-electron chi connectivity index (χ2n) is 8.51. The number of aryl methyl sites for hydroxylation is 1. The third kappa shape index (κ3) is 4.94. The maximum atomic E-state index is 5.53. The fourth-order valence-corrected chi connectivity index (χ4v) is 5.86. The van der Waals surface area contributed by atoms with Gasteiger partial charge in [0.05, 0.1) is 31.8 Å². The highest BCUT2D eigenvalue weighted by Crippen LogP contribution is 2.41. The Morgan fingerprint density at radius 3 is 2.57 bits per heavy atom. The van der Waals surface area contributed by atoms with E-state index in [1.807, 2.05) is 11.3 Å². The van der Waals surface area contributed by atoms with E-state index >= 15 is 0 Å². The molecule has 0 spiro atoms. The molecule has 2 aromatic rings. The largest absolute Gasteiger partial charge is 0.383 e. The molecule has 1 N–H and O–H groups in total. The molecule has 1 aliphatic carbocycles. The summed E-state index contributed by atoms with van der Waals surface area (Å²) in [6.45, 7) is 9.84. The number of quaternary nitrogens is 1. The number of thiophene rings is 1. The van der Waals surface area contributed by atoms with E-state index in [0.29, 0.717) is 13.2 Å². The average Bonchev–Trinajstić information content (AvgIpc) is 3.11. The summed E-state index contributed by atoms with van der Waals surface area (Å²) in [7, 11) is 3.51. The number of anilines is 1. The number of aromatic nitrogens is 2. The van der Waals surface area contributed by atoms with Gasteiger partial charge in [0.25, 0.3) is 0 Å². The molecule has 4 rings (SSSR count). The molecule has 1 saturated heterocycles. The standard InChI is InChI=1S/C22H34N4O3S/c1-16-4-5-17-18(14-16)30-22-20(17)21(26(8-10-27-2)9-11-28-3)23-19(24-22)15-25-6-12-29-13-7-25/h16H,4-15H2,1-3H3/p+1/t16-/m1/s1. The van der Waals surface area contributed by atoms with E-state index in [0.717, 1.165) is 81.2 Å². The molecule has 1 aliphatic heterocycles. The summed E-state index contributed by atoms with van der Waals surface area (Å²) in [6, 6.07) is 0. The van der Waals surface area contributed by atoms with Crippen LogP contribution >= 0.6 is 11.3 Å². The van der Waals surface area contributed by atoms with Crippen molar-refractivity contribution in [1.82, 2.24) is 9.97 Å². The topological polar surface area (TPSA) is 61.2 Å². The fourth-order valence-electron chi connectivity index (χ4n) is 4.46. The lowest BCUT2D eigenvalue weighted by atomic mass is 9.89. The molecule has 166 valence electrons. The molecule has 2 aliphatic rings. The Morgan fingerprint density at radius 1 is 1.13 bits per heavy atom. The van der Waals surface area contributed by atoms with Crippen molar-refractivity contribution < 1.29 is 19.1 Å². The first-order valence-corrected chi connectivity index (χ1v) is 12.0. The van der Waals surface area contributed by atoms with Crippen LogP contribution in [0.3, 0.4) is 0 Å². The molecule has 30 heavy (non-hydrogen) atoms. The van der Waals surface area contributed by atoms with Crippen molar-refractivity contribution in [2.24, 2.45) is 5.92 Å². The van der Waals surface area contributed by atoms with Crippen LogP contribution in [0.2, 0.25) is 0 Å². The molecule has 0 amide bonds. The fraction of sp³-hybridized carbons (Fsp3) is 0.727. The van der Waals surface area contributed by atoms with Gasteiger partial charge in [-0.25, -0.2) is 9.97 Å². The molecule has 3 heterocycles. The van der Waals surface area contributed by atoms with E-state index in [9.17, 15) is 0 Å². The summed E-state index contributed by atoms with van der Waals surface area (Å²) in [5, 5.41) is 1.27. The van der Waals surface area contributed by atoms with Crippen LogP contribution in [0, 0.1) is 5.92 Å². The number of nitrogens with zero attached hydrogens (tertiary/aromatic N) is 3. The minimum Gasteiger partial charge on any atom is -0.383 e. The van der Waals surface area contributed by atoms with Gasteiger partial charge in [-0.3, -0.25) is 0 Å². The molecule has 1 fully saturated rings. The highest BCUT2D eigenvalue weighted by atomic mass is 32.1. The maximum absolute atomic E-state index is 5.53. The molecule has 2 aromatic heterocycles. The van der Waals surface area contributed by atoms with Crippen molar-refractivity contribution in [3.05, 3.63) is 16.3 Å². The lowest BCUT2D eigenvalue weighted by molar-refractivity contribution is -0.922. The van der Waals surface area contributed by atoms with Crippen LogP contribution in [0.15, 0.2) is 0 Å². The Morgan fingerprint density at radius 2 is 1.87 bits per heavy atom. The zero-order valence-corrected chi connectivity index (χ0v) is 19.4. The van der Waals surface area contributed by atoms with E-state index < -0.39 is 0 Å². The van der Waals surface area contributed by atoms with Gasteiger partial charge in [-0.1, -0.05) is 6.92 Å². The van der Waals surface area contributed by atoms with Crippen molar-refractivity contribution in [2.75, 3.05) is 71.7 Å². The number of hydrogen-bond donors (Lipinski definition) is 1. The van der Waals surface area contributed by atoms with Gasteiger partial charge < -0.3 is 24.0 Å². The third-order valence-electron chi connectivity index (χ3n) is 6.22. The Hall–Kier alpha value is -1.32. The monoisotopic (exact) mass is 435 g/mol. The minimum atomic E-state index is 0.669. The zero-order chi connectivity index (χ0) is 20.9. The molecule has 0 bridgehead atoms. The number of nitrogens with one attached hydrogen (secondary N) is 1. The van der Waals surface area contributed by atoms with E-state index in [1.54, 1.807) is 14.2 Å². The normalized spacial score (nSPS) is 19.9. The number of methoxy groups -OCH3 is 2. The minimum absolute atomic E-state index is 0.669. The first kappa shape index (κ1) is 21.9. The van der Waals surface area contributed by atoms with Gasteiger partial charge >= 0.3 is 0 Å². The maximum Gasteiger partial charge on any atom is 0.187 e. The third-order valence-corrected chi connectivity index (χ3v) is 7.37. The Kier molecular flexibility index (Phi) is 7.54. The molecular weight excluding hydrogens is 400 g/mol. The highest BCUT2D eigenvalue weighted by molar-refractivity contribution is 7.19.